The number of aliphatic carboxylic acids is 1. The molecule has 1 fully saturated rings. The number of pyridine rings is 1. The topological polar surface area (TPSA) is 82.9 Å². The molecule has 0 radical (unpaired) electrons. The number of unbranched alkanes of at least 4 members (excludes halogenated alkanes) is 1. The first-order chi connectivity index (χ1) is 17.5. The third kappa shape index (κ3) is 6.39. The highest BCUT2D eigenvalue weighted by Crippen LogP contribution is 2.33. The Morgan fingerprint density at radius 2 is 2.06 bits per heavy atom. The predicted molar refractivity (Wildman–Crippen MR) is 137 cm³/mol. The lowest BCUT2D eigenvalue weighted by Gasteiger charge is -2.37. The highest BCUT2D eigenvalue weighted by atomic mass is 19.1. The number of aliphatic hydroxyl groups is 1. The van der Waals surface area contributed by atoms with Gasteiger partial charge in [0.05, 0.1) is 24.6 Å². The number of aliphatic hydroxyl groups excluding tert-OH is 1. The molecule has 0 amide bonds. The lowest BCUT2D eigenvalue weighted by atomic mass is 9.81. The number of piperidine rings is 1. The number of hydrogen-bond acceptors (Lipinski definition) is 5. The fraction of sp³-hybridized carbons (Fsp3) is 0.448. The molecule has 0 spiro atoms. The third-order valence-electron chi connectivity index (χ3n) is 7.44. The van der Waals surface area contributed by atoms with E-state index < -0.39 is 18.0 Å². The normalized spacial score (nSPS) is 19.3. The fourth-order valence-corrected chi connectivity index (χ4v) is 5.34. The van der Waals surface area contributed by atoms with E-state index in [1.807, 2.05) is 36.4 Å². The SMILES string of the molecule is COc1ccc2nccc([C@@H](O)CC[C@@H]3CCN(CCCCc4ccccc4F)C[C@@H]3C(=O)O)c2c1. The summed E-state index contributed by atoms with van der Waals surface area (Å²) in [6.45, 7) is 2.18. The molecule has 1 saturated heterocycles. The number of rotatable bonds is 11. The van der Waals surface area contributed by atoms with Crippen LogP contribution < -0.4 is 4.74 Å². The van der Waals surface area contributed by atoms with Gasteiger partial charge in [0.2, 0.25) is 0 Å². The predicted octanol–water partition coefficient (Wildman–Crippen LogP) is 5.24. The molecule has 2 N–H and O–H groups in total. The Hall–Kier alpha value is -3.03. The zero-order chi connectivity index (χ0) is 25.5. The lowest BCUT2D eigenvalue weighted by Crippen LogP contribution is -2.44. The quantitative estimate of drug-likeness (QED) is 0.355. The van der Waals surface area contributed by atoms with Crippen molar-refractivity contribution in [1.29, 1.82) is 0 Å². The van der Waals surface area contributed by atoms with Crippen molar-refractivity contribution in [1.82, 2.24) is 9.88 Å². The van der Waals surface area contributed by atoms with Crippen LogP contribution in [-0.4, -0.2) is 52.8 Å². The van der Waals surface area contributed by atoms with Crippen LogP contribution in [0, 0.1) is 17.7 Å². The summed E-state index contributed by atoms with van der Waals surface area (Å²) in [4.78, 5) is 18.7. The van der Waals surface area contributed by atoms with Crippen LogP contribution in [0.4, 0.5) is 4.39 Å². The van der Waals surface area contributed by atoms with Gasteiger partial charge in [-0.05, 0) is 99.0 Å². The second-order valence-corrected chi connectivity index (χ2v) is 9.72. The first kappa shape index (κ1) is 26.0. The van der Waals surface area contributed by atoms with Crippen LogP contribution in [0.1, 0.15) is 49.3 Å². The molecule has 1 aliphatic rings. The van der Waals surface area contributed by atoms with E-state index in [-0.39, 0.29) is 11.7 Å². The second kappa shape index (κ2) is 12.3. The van der Waals surface area contributed by atoms with Crippen LogP contribution in [0.25, 0.3) is 10.9 Å². The molecule has 36 heavy (non-hydrogen) atoms. The zero-order valence-electron chi connectivity index (χ0n) is 20.8. The molecule has 7 heteroatoms. The molecule has 1 aliphatic heterocycles. The molecule has 0 aliphatic carbocycles. The number of benzene rings is 2. The van der Waals surface area contributed by atoms with Gasteiger partial charge >= 0.3 is 5.97 Å². The average molecular weight is 495 g/mol. The summed E-state index contributed by atoms with van der Waals surface area (Å²) < 4.78 is 19.1. The maximum atomic E-state index is 13.8. The lowest BCUT2D eigenvalue weighted by molar-refractivity contribution is -0.146. The monoisotopic (exact) mass is 494 g/mol. The fourth-order valence-electron chi connectivity index (χ4n) is 5.34. The second-order valence-electron chi connectivity index (χ2n) is 9.72. The third-order valence-corrected chi connectivity index (χ3v) is 7.44. The first-order valence-corrected chi connectivity index (χ1v) is 12.8. The number of halogens is 1. The summed E-state index contributed by atoms with van der Waals surface area (Å²) in [5.74, 6) is -0.660. The van der Waals surface area contributed by atoms with Crippen molar-refractivity contribution in [3.63, 3.8) is 0 Å². The summed E-state index contributed by atoms with van der Waals surface area (Å²) in [7, 11) is 1.61. The van der Waals surface area contributed by atoms with E-state index >= 15 is 0 Å². The van der Waals surface area contributed by atoms with Gasteiger partial charge in [0.25, 0.3) is 0 Å². The molecule has 0 saturated carbocycles. The molecule has 0 unspecified atom stereocenters. The van der Waals surface area contributed by atoms with Crippen molar-refractivity contribution in [3.05, 3.63) is 71.7 Å². The van der Waals surface area contributed by atoms with Crippen molar-refractivity contribution in [2.75, 3.05) is 26.7 Å². The number of likely N-dealkylation sites (tertiary alicyclic amines) is 1. The molecule has 1 aromatic heterocycles. The Bertz CT molecular complexity index is 1170. The van der Waals surface area contributed by atoms with Crippen molar-refractivity contribution in [3.8, 4) is 5.75 Å². The van der Waals surface area contributed by atoms with Crippen molar-refractivity contribution >= 4 is 16.9 Å². The summed E-state index contributed by atoms with van der Waals surface area (Å²) in [6, 6.07) is 14.3. The van der Waals surface area contributed by atoms with Crippen LogP contribution in [0.2, 0.25) is 0 Å². The van der Waals surface area contributed by atoms with Gasteiger partial charge in [-0.25, -0.2) is 4.39 Å². The summed E-state index contributed by atoms with van der Waals surface area (Å²) in [6.07, 6.45) is 5.39. The maximum Gasteiger partial charge on any atom is 0.308 e. The van der Waals surface area contributed by atoms with Crippen LogP contribution in [0.15, 0.2) is 54.7 Å². The first-order valence-electron chi connectivity index (χ1n) is 12.8. The van der Waals surface area contributed by atoms with Gasteiger partial charge in [-0.2, -0.15) is 0 Å². The largest absolute Gasteiger partial charge is 0.497 e. The highest BCUT2D eigenvalue weighted by Gasteiger charge is 2.34. The Morgan fingerprint density at radius 3 is 2.83 bits per heavy atom. The molecule has 6 nitrogen and oxygen atoms in total. The van der Waals surface area contributed by atoms with Crippen LogP contribution >= 0.6 is 0 Å². The standard InChI is InChI=1S/C29H35FN2O4/c1-36-22-10-11-27-24(18-22)23(13-15-31-27)28(33)12-9-20-14-17-32(19-25(20)29(34)35)16-5-4-7-21-6-2-3-8-26(21)30/h2-3,6,8,10-11,13,15,18,20,25,28,33H,4-5,7,9,12,14,16-17,19H2,1H3,(H,34,35)/t20-,25+,28+/m1/s1. The van der Waals surface area contributed by atoms with Gasteiger partial charge in [-0.3, -0.25) is 9.78 Å². The number of nitrogens with zero attached hydrogens (tertiary/aromatic N) is 2. The number of fused-ring (bicyclic) bond motifs is 1. The number of carboxylic acid groups (broad SMARTS) is 1. The Kier molecular flexibility index (Phi) is 8.88. The summed E-state index contributed by atoms with van der Waals surface area (Å²) in [5.41, 5.74) is 2.32. The number of aryl methyl sites for hydroxylation is 1. The zero-order valence-corrected chi connectivity index (χ0v) is 20.8. The maximum absolute atomic E-state index is 13.8. The van der Waals surface area contributed by atoms with E-state index in [2.05, 4.69) is 9.88 Å². The summed E-state index contributed by atoms with van der Waals surface area (Å²) in [5, 5.41) is 21.8. The number of aromatic nitrogens is 1. The Balaban J connectivity index is 1.30. The van der Waals surface area contributed by atoms with E-state index in [0.717, 1.165) is 54.4 Å². The van der Waals surface area contributed by atoms with Crippen molar-refractivity contribution in [2.45, 2.75) is 44.6 Å². The molecule has 3 atom stereocenters. The van der Waals surface area contributed by atoms with Crippen LogP contribution in [0.3, 0.4) is 0 Å². The molecular formula is C29H35FN2O4. The molecular weight excluding hydrogens is 459 g/mol. The number of hydrogen-bond donors (Lipinski definition) is 2. The van der Waals surface area contributed by atoms with Crippen LogP contribution in [0.5, 0.6) is 5.75 Å². The van der Waals surface area contributed by atoms with Gasteiger partial charge in [0.15, 0.2) is 0 Å². The molecule has 0 bridgehead atoms. The van der Waals surface area contributed by atoms with E-state index in [0.29, 0.717) is 31.6 Å². The van der Waals surface area contributed by atoms with E-state index in [9.17, 15) is 19.4 Å². The molecule has 2 heterocycles. The number of methoxy groups -OCH3 is 1. The van der Waals surface area contributed by atoms with E-state index in [1.54, 1.807) is 19.4 Å². The van der Waals surface area contributed by atoms with Crippen molar-refractivity contribution in [2.24, 2.45) is 11.8 Å². The van der Waals surface area contributed by atoms with Gasteiger partial charge in [-0.1, -0.05) is 18.2 Å². The smallest absolute Gasteiger partial charge is 0.308 e. The van der Waals surface area contributed by atoms with E-state index in [1.165, 1.54) is 6.07 Å². The summed E-state index contributed by atoms with van der Waals surface area (Å²) >= 11 is 0. The minimum absolute atomic E-state index is 0.0226. The minimum Gasteiger partial charge on any atom is -0.497 e. The highest BCUT2D eigenvalue weighted by molar-refractivity contribution is 5.83. The van der Waals surface area contributed by atoms with Gasteiger partial charge in [-0.15, -0.1) is 0 Å². The van der Waals surface area contributed by atoms with Crippen molar-refractivity contribution < 1.29 is 24.1 Å². The minimum atomic E-state index is -0.773. The molecule has 192 valence electrons. The van der Waals surface area contributed by atoms with Gasteiger partial charge in [0, 0.05) is 18.1 Å². The van der Waals surface area contributed by atoms with Gasteiger partial charge < -0.3 is 19.8 Å². The Labute approximate surface area is 211 Å². The average Bonchev–Trinajstić information content (AvgIpc) is 2.90. The number of carboxylic acids is 1. The molecule has 3 aromatic rings. The van der Waals surface area contributed by atoms with E-state index in [4.69, 9.17) is 4.74 Å². The molecule has 2 aromatic carbocycles. The number of ether oxygens (including phenoxy) is 1. The number of carbonyl (C=O) groups is 1. The molecule has 4 rings (SSSR count). The Morgan fingerprint density at radius 1 is 1.22 bits per heavy atom. The van der Waals surface area contributed by atoms with Crippen LogP contribution in [-0.2, 0) is 11.2 Å². The van der Waals surface area contributed by atoms with Gasteiger partial charge in [0.1, 0.15) is 11.6 Å².